The molecule has 0 fully saturated rings. The van der Waals surface area contributed by atoms with Gasteiger partial charge in [-0.05, 0) is 58.3 Å². The first-order valence-electron chi connectivity index (χ1n) is 11.4. The highest BCUT2D eigenvalue weighted by molar-refractivity contribution is 6.13. The molecule has 0 aliphatic rings. The fourth-order valence-electron chi connectivity index (χ4n) is 3.70. The van der Waals surface area contributed by atoms with E-state index in [0.29, 0.717) is 12.2 Å². The number of unbranched alkanes of at least 4 members (excludes halogenated alkanes) is 1. The van der Waals surface area contributed by atoms with Gasteiger partial charge in [0.25, 0.3) is 11.8 Å². The topological polar surface area (TPSA) is 79.8 Å². The summed E-state index contributed by atoms with van der Waals surface area (Å²) in [5, 5.41) is 11.1. The number of fused-ring (bicyclic) bond motifs is 2. The van der Waals surface area contributed by atoms with Gasteiger partial charge >= 0.3 is 0 Å². The quantitative estimate of drug-likeness (QED) is 0.161. The van der Waals surface area contributed by atoms with Crippen LogP contribution in [0.15, 0.2) is 84.0 Å². The Morgan fingerprint density at radius 3 is 2.21 bits per heavy atom. The predicted octanol–water partition coefficient (Wildman–Crippen LogP) is 5.05. The van der Waals surface area contributed by atoms with E-state index in [4.69, 9.17) is 4.74 Å². The Kier molecular flexibility index (Phi) is 7.50. The predicted molar refractivity (Wildman–Crippen MR) is 136 cm³/mol. The molecule has 0 radical (unpaired) electrons. The molecular weight excluding hydrogens is 426 g/mol. The van der Waals surface area contributed by atoms with Crippen LogP contribution in [0.25, 0.3) is 21.5 Å². The number of amides is 2. The molecule has 0 saturated carbocycles. The van der Waals surface area contributed by atoms with Gasteiger partial charge in [0.1, 0.15) is 5.75 Å². The number of ether oxygens (including phenoxy) is 1. The van der Waals surface area contributed by atoms with E-state index in [-0.39, 0.29) is 12.5 Å². The molecule has 6 heteroatoms. The zero-order chi connectivity index (χ0) is 23.8. The highest BCUT2D eigenvalue weighted by Gasteiger charge is 2.09. The van der Waals surface area contributed by atoms with E-state index in [9.17, 15) is 9.59 Å². The van der Waals surface area contributed by atoms with Gasteiger partial charge in [-0.2, -0.15) is 5.10 Å². The molecule has 0 spiro atoms. The van der Waals surface area contributed by atoms with Crippen LogP contribution >= 0.6 is 0 Å². The summed E-state index contributed by atoms with van der Waals surface area (Å²) < 4.78 is 5.60. The van der Waals surface area contributed by atoms with Gasteiger partial charge < -0.3 is 10.1 Å². The zero-order valence-corrected chi connectivity index (χ0v) is 19.1. The summed E-state index contributed by atoms with van der Waals surface area (Å²) in [5.74, 6) is -0.0222. The van der Waals surface area contributed by atoms with E-state index in [0.717, 1.165) is 45.7 Å². The monoisotopic (exact) mass is 453 g/mol. The fourth-order valence-corrected chi connectivity index (χ4v) is 3.70. The molecule has 0 atom stereocenters. The third kappa shape index (κ3) is 5.59. The molecule has 0 bridgehead atoms. The lowest BCUT2D eigenvalue weighted by atomic mass is 9.97. The summed E-state index contributed by atoms with van der Waals surface area (Å²) in [6.07, 6.45) is 3.70. The van der Waals surface area contributed by atoms with Crippen LogP contribution < -0.4 is 15.5 Å². The number of hydrogen-bond acceptors (Lipinski definition) is 4. The Hall–Kier alpha value is -4.19. The van der Waals surface area contributed by atoms with E-state index >= 15 is 0 Å². The summed E-state index contributed by atoms with van der Waals surface area (Å²) in [7, 11) is 0. The molecule has 0 saturated heterocycles. The smallest absolute Gasteiger partial charge is 0.259 e. The minimum atomic E-state index is -0.409. The Morgan fingerprint density at radius 2 is 1.56 bits per heavy atom. The van der Waals surface area contributed by atoms with Crippen molar-refractivity contribution < 1.29 is 14.3 Å². The van der Waals surface area contributed by atoms with E-state index in [1.807, 2.05) is 36.4 Å². The first-order valence-corrected chi connectivity index (χ1v) is 11.4. The Balaban J connectivity index is 1.36. The van der Waals surface area contributed by atoms with Crippen molar-refractivity contribution in [2.45, 2.75) is 19.8 Å². The maximum absolute atomic E-state index is 12.3. The molecule has 0 aliphatic heterocycles. The molecule has 0 heterocycles. The summed E-state index contributed by atoms with van der Waals surface area (Å²) in [4.78, 5) is 24.6. The molecule has 4 aromatic carbocycles. The van der Waals surface area contributed by atoms with E-state index in [1.54, 1.807) is 30.5 Å². The van der Waals surface area contributed by atoms with Crippen molar-refractivity contribution in [3.8, 4) is 5.75 Å². The van der Waals surface area contributed by atoms with Crippen LogP contribution in [-0.4, -0.2) is 31.2 Å². The van der Waals surface area contributed by atoms with Crippen LogP contribution in [0.5, 0.6) is 5.75 Å². The summed E-state index contributed by atoms with van der Waals surface area (Å²) >= 11 is 0. The molecule has 0 aliphatic carbocycles. The molecule has 4 rings (SSSR count). The van der Waals surface area contributed by atoms with Gasteiger partial charge in [0.2, 0.25) is 0 Å². The molecular formula is C28H27N3O3. The highest BCUT2D eigenvalue weighted by atomic mass is 16.5. The largest absolute Gasteiger partial charge is 0.494 e. The van der Waals surface area contributed by atoms with Crippen LogP contribution in [0.2, 0.25) is 0 Å². The maximum Gasteiger partial charge on any atom is 0.259 e. The van der Waals surface area contributed by atoms with Gasteiger partial charge in [0.05, 0.1) is 19.4 Å². The van der Waals surface area contributed by atoms with Crippen LogP contribution in [0, 0.1) is 0 Å². The molecule has 6 nitrogen and oxygen atoms in total. The van der Waals surface area contributed by atoms with E-state index < -0.39 is 5.91 Å². The summed E-state index contributed by atoms with van der Waals surface area (Å²) in [5.41, 5.74) is 3.89. The Labute approximate surface area is 198 Å². The van der Waals surface area contributed by atoms with Crippen LogP contribution in [0.1, 0.15) is 35.7 Å². The average molecular weight is 454 g/mol. The second-order valence-electron chi connectivity index (χ2n) is 7.93. The van der Waals surface area contributed by atoms with Gasteiger partial charge in [0.15, 0.2) is 0 Å². The van der Waals surface area contributed by atoms with Crippen LogP contribution in [0.3, 0.4) is 0 Å². The van der Waals surface area contributed by atoms with Crippen LogP contribution in [0.4, 0.5) is 0 Å². The number of rotatable bonds is 9. The minimum Gasteiger partial charge on any atom is -0.494 e. The Bertz CT molecular complexity index is 1280. The SMILES string of the molecule is CCCCOc1ccc(C(=O)NCC(=O)N/N=C/c2c3ccccc3cc3ccccc23)cc1. The second kappa shape index (κ2) is 11.1. The normalized spacial score (nSPS) is 11.1. The van der Waals surface area contributed by atoms with Crippen molar-refractivity contribution in [2.75, 3.05) is 13.2 Å². The highest BCUT2D eigenvalue weighted by Crippen LogP contribution is 2.27. The lowest BCUT2D eigenvalue weighted by molar-refractivity contribution is -0.120. The first kappa shape index (κ1) is 23.0. The fraction of sp³-hybridized carbons (Fsp3) is 0.179. The molecule has 0 aromatic heterocycles. The average Bonchev–Trinajstić information content (AvgIpc) is 2.87. The zero-order valence-electron chi connectivity index (χ0n) is 19.1. The van der Waals surface area contributed by atoms with E-state index in [1.165, 1.54) is 0 Å². The number of carbonyl (C=O) groups excluding carboxylic acids is 2. The molecule has 172 valence electrons. The third-order valence-electron chi connectivity index (χ3n) is 5.49. The van der Waals surface area contributed by atoms with Crippen molar-refractivity contribution in [3.63, 3.8) is 0 Å². The molecule has 4 aromatic rings. The minimum absolute atomic E-state index is 0.179. The number of hydrogen-bond donors (Lipinski definition) is 2. The summed E-state index contributed by atoms with van der Waals surface area (Å²) in [6.45, 7) is 2.57. The lowest BCUT2D eigenvalue weighted by Crippen LogP contribution is -2.34. The van der Waals surface area contributed by atoms with Crippen molar-refractivity contribution >= 4 is 39.6 Å². The van der Waals surface area contributed by atoms with Crippen molar-refractivity contribution in [3.05, 3.63) is 90.0 Å². The molecule has 34 heavy (non-hydrogen) atoms. The first-order chi connectivity index (χ1) is 16.7. The van der Waals surface area contributed by atoms with E-state index in [2.05, 4.69) is 41.0 Å². The van der Waals surface area contributed by atoms with Crippen LogP contribution in [-0.2, 0) is 4.79 Å². The molecule has 0 unspecified atom stereocenters. The second-order valence-corrected chi connectivity index (χ2v) is 7.93. The van der Waals surface area contributed by atoms with Gasteiger partial charge in [-0.15, -0.1) is 0 Å². The van der Waals surface area contributed by atoms with Gasteiger partial charge in [0, 0.05) is 11.1 Å². The van der Waals surface area contributed by atoms with Crippen molar-refractivity contribution in [1.82, 2.24) is 10.7 Å². The number of nitrogens with zero attached hydrogens (tertiary/aromatic N) is 1. The lowest BCUT2D eigenvalue weighted by Gasteiger charge is -2.08. The van der Waals surface area contributed by atoms with Gasteiger partial charge in [-0.25, -0.2) is 5.43 Å². The standard InChI is InChI=1S/C28H27N3O3/c1-2-3-16-34-23-14-12-20(13-15-23)28(33)29-19-27(32)31-30-18-26-24-10-6-4-8-21(24)17-22-9-5-7-11-25(22)26/h4-15,17-18H,2-3,16,19H2,1H3,(H,29,33)(H,31,32)/b30-18+. The molecule has 2 N–H and O–H groups in total. The Morgan fingerprint density at radius 1 is 0.912 bits per heavy atom. The third-order valence-corrected chi connectivity index (χ3v) is 5.49. The maximum atomic E-state index is 12.3. The van der Waals surface area contributed by atoms with Gasteiger partial charge in [-0.3, -0.25) is 9.59 Å². The van der Waals surface area contributed by atoms with Crippen molar-refractivity contribution in [2.24, 2.45) is 5.10 Å². The number of hydrazone groups is 1. The number of benzene rings is 4. The number of nitrogens with one attached hydrogen (secondary N) is 2. The number of carbonyl (C=O) groups is 2. The van der Waals surface area contributed by atoms with Crippen molar-refractivity contribution in [1.29, 1.82) is 0 Å². The molecule has 2 amide bonds. The summed E-state index contributed by atoms with van der Waals surface area (Å²) in [6, 6.07) is 25.1. The van der Waals surface area contributed by atoms with Gasteiger partial charge in [-0.1, -0.05) is 61.9 Å².